The zero-order valence-corrected chi connectivity index (χ0v) is 16.7. The van der Waals surface area contributed by atoms with Gasteiger partial charge in [0.25, 0.3) is 5.91 Å². The van der Waals surface area contributed by atoms with Crippen molar-refractivity contribution in [3.05, 3.63) is 53.5 Å². The van der Waals surface area contributed by atoms with E-state index in [-0.39, 0.29) is 30.0 Å². The van der Waals surface area contributed by atoms with E-state index >= 15 is 0 Å². The smallest absolute Gasteiger partial charge is 0.264 e. The summed E-state index contributed by atoms with van der Waals surface area (Å²) < 4.78 is 35.1. The molecule has 2 aromatic rings. The van der Waals surface area contributed by atoms with Crippen molar-refractivity contribution in [2.24, 2.45) is 0 Å². The average Bonchev–Trinajstić information content (AvgIpc) is 3.20. The van der Waals surface area contributed by atoms with Crippen molar-refractivity contribution in [3.63, 3.8) is 0 Å². The SMILES string of the molecule is Cc1cc(C)cc(O[C@@H](C)C(=O)N(Cc2ccco2)[C@H]2CCS(=O)(=O)C2)c1. The second-order valence-corrected chi connectivity index (χ2v) is 9.41. The second-order valence-electron chi connectivity index (χ2n) is 7.19. The van der Waals surface area contributed by atoms with Crippen LogP contribution in [0.3, 0.4) is 0 Å². The number of nitrogens with zero attached hydrogens (tertiary/aromatic N) is 1. The number of hydrogen-bond acceptors (Lipinski definition) is 5. The summed E-state index contributed by atoms with van der Waals surface area (Å²) in [6.07, 6.45) is 1.24. The lowest BCUT2D eigenvalue weighted by Crippen LogP contribution is -2.46. The van der Waals surface area contributed by atoms with Gasteiger partial charge >= 0.3 is 0 Å². The summed E-state index contributed by atoms with van der Waals surface area (Å²) in [6, 6.07) is 8.96. The number of amides is 1. The summed E-state index contributed by atoms with van der Waals surface area (Å²) in [4.78, 5) is 14.7. The fraction of sp³-hybridized carbons (Fsp3) is 0.450. The van der Waals surface area contributed by atoms with Gasteiger partial charge in [0.1, 0.15) is 11.5 Å². The number of carbonyl (C=O) groups excluding carboxylic acids is 1. The van der Waals surface area contributed by atoms with Gasteiger partial charge in [0.15, 0.2) is 15.9 Å². The van der Waals surface area contributed by atoms with Crippen LogP contribution in [-0.2, 0) is 21.2 Å². The van der Waals surface area contributed by atoms with Gasteiger partial charge in [-0.1, -0.05) is 6.07 Å². The first-order chi connectivity index (χ1) is 12.7. The Kier molecular flexibility index (Phi) is 5.60. The van der Waals surface area contributed by atoms with Crippen LogP contribution in [0.2, 0.25) is 0 Å². The lowest BCUT2D eigenvalue weighted by molar-refractivity contribution is -0.140. The molecule has 2 heterocycles. The maximum Gasteiger partial charge on any atom is 0.264 e. The monoisotopic (exact) mass is 391 g/mol. The molecule has 7 heteroatoms. The number of aryl methyl sites for hydroxylation is 2. The van der Waals surface area contributed by atoms with E-state index in [1.165, 1.54) is 0 Å². The molecular formula is C20H25NO5S. The molecule has 0 N–H and O–H groups in total. The minimum absolute atomic E-state index is 0.0181. The van der Waals surface area contributed by atoms with E-state index in [4.69, 9.17) is 9.15 Å². The van der Waals surface area contributed by atoms with E-state index in [9.17, 15) is 13.2 Å². The minimum atomic E-state index is -3.11. The Bertz CT molecular complexity index is 884. The number of ether oxygens (including phenoxy) is 1. The average molecular weight is 391 g/mol. The van der Waals surface area contributed by atoms with Gasteiger partial charge in [0.05, 0.1) is 24.3 Å². The topological polar surface area (TPSA) is 76.8 Å². The lowest BCUT2D eigenvalue weighted by atomic mass is 10.1. The fourth-order valence-corrected chi connectivity index (χ4v) is 5.20. The van der Waals surface area contributed by atoms with Crippen molar-refractivity contribution < 1.29 is 22.4 Å². The van der Waals surface area contributed by atoms with Gasteiger partial charge in [-0.2, -0.15) is 0 Å². The predicted molar refractivity (Wildman–Crippen MR) is 102 cm³/mol. The number of sulfone groups is 1. The second kappa shape index (κ2) is 7.76. The first kappa shape index (κ1) is 19.5. The highest BCUT2D eigenvalue weighted by Crippen LogP contribution is 2.23. The van der Waals surface area contributed by atoms with Crippen LogP contribution in [0, 0.1) is 13.8 Å². The molecule has 1 aromatic heterocycles. The van der Waals surface area contributed by atoms with Crippen LogP contribution >= 0.6 is 0 Å². The Morgan fingerprint density at radius 1 is 1.30 bits per heavy atom. The number of furan rings is 1. The van der Waals surface area contributed by atoms with Crippen molar-refractivity contribution in [1.82, 2.24) is 4.90 Å². The van der Waals surface area contributed by atoms with Crippen LogP contribution in [0.25, 0.3) is 0 Å². The molecule has 0 unspecified atom stereocenters. The lowest BCUT2D eigenvalue weighted by Gasteiger charge is -2.30. The molecule has 2 atom stereocenters. The third-order valence-electron chi connectivity index (χ3n) is 4.69. The summed E-state index contributed by atoms with van der Waals surface area (Å²) in [5, 5.41) is 0. The van der Waals surface area contributed by atoms with Crippen LogP contribution in [-0.4, -0.2) is 42.9 Å². The van der Waals surface area contributed by atoms with Crippen LogP contribution in [0.5, 0.6) is 5.75 Å². The van der Waals surface area contributed by atoms with Gasteiger partial charge in [-0.05, 0) is 62.6 Å². The highest BCUT2D eigenvalue weighted by atomic mass is 32.2. The maximum absolute atomic E-state index is 13.1. The molecule has 1 aliphatic heterocycles. The van der Waals surface area contributed by atoms with Crippen LogP contribution in [0.4, 0.5) is 0 Å². The zero-order valence-electron chi connectivity index (χ0n) is 15.8. The predicted octanol–water partition coefficient (Wildman–Crippen LogP) is 2.88. The quantitative estimate of drug-likeness (QED) is 0.757. The van der Waals surface area contributed by atoms with E-state index in [1.54, 1.807) is 30.2 Å². The molecule has 1 saturated heterocycles. The van der Waals surface area contributed by atoms with Gasteiger partial charge in [-0.15, -0.1) is 0 Å². The molecule has 0 saturated carbocycles. The highest BCUT2D eigenvalue weighted by molar-refractivity contribution is 7.91. The molecule has 3 rings (SSSR count). The van der Waals surface area contributed by atoms with Gasteiger partial charge in [0.2, 0.25) is 0 Å². The molecule has 6 nitrogen and oxygen atoms in total. The Labute approximate surface area is 160 Å². The summed E-state index contributed by atoms with van der Waals surface area (Å²) in [5.74, 6) is 1.09. The van der Waals surface area contributed by atoms with Crippen molar-refractivity contribution in [3.8, 4) is 5.75 Å². The summed E-state index contributed by atoms with van der Waals surface area (Å²) in [7, 11) is -3.11. The summed E-state index contributed by atoms with van der Waals surface area (Å²) in [6.45, 7) is 5.86. The first-order valence-corrected chi connectivity index (χ1v) is 10.8. The van der Waals surface area contributed by atoms with Gasteiger partial charge in [-0.3, -0.25) is 4.79 Å². The van der Waals surface area contributed by atoms with Gasteiger partial charge in [0, 0.05) is 6.04 Å². The molecule has 0 spiro atoms. The Morgan fingerprint density at radius 2 is 2.00 bits per heavy atom. The Balaban J connectivity index is 1.78. The largest absolute Gasteiger partial charge is 0.481 e. The third-order valence-corrected chi connectivity index (χ3v) is 6.44. The standard InChI is InChI=1S/C20H25NO5S/c1-14-9-15(2)11-19(10-14)26-16(3)20(22)21(12-18-5-4-7-25-18)17-6-8-27(23,24)13-17/h4-5,7,9-11,16-17H,6,8,12-13H2,1-3H3/t16-,17-/m0/s1. The Hall–Kier alpha value is -2.28. The molecular weight excluding hydrogens is 366 g/mol. The van der Waals surface area contributed by atoms with E-state index in [0.29, 0.717) is 17.9 Å². The maximum atomic E-state index is 13.1. The molecule has 1 amide bonds. The molecule has 27 heavy (non-hydrogen) atoms. The van der Waals surface area contributed by atoms with Crippen molar-refractivity contribution in [2.75, 3.05) is 11.5 Å². The van der Waals surface area contributed by atoms with E-state index in [2.05, 4.69) is 0 Å². The summed E-state index contributed by atoms with van der Waals surface area (Å²) >= 11 is 0. The van der Waals surface area contributed by atoms with Crippen molar-refractivity contribution >= 4 is 15.7 Å². The normalized spacial score (nSPS) is 19.6. The highest BCUT2D eigenvalue weighted by Gasteiger charge is 2.37. The number of carbonyl (C=O) groups is 1. The minimum Gasteiger partial charge on any atom is -0.481 e. The molecule has 0 aliphatic carbocycles. The number of hydrogen-bond donors (Lipinski definition) is 0. The first-order valence-electron chi connectivity index (χ1n) is 9.02. The van der Waals surface area contributed by atoms with E-state index in [1.807, 2.05) is 32.0 Å². The third kappa shape index (κ3) is 4.91. The van der Waals surface area contributed by atoms with Gasteiger partial charge < -0.3 is 14.1 Å². The number of benzene rings is 1. The molecule has 1 fully saturated rings. The molecule has 1 aromatic carbocycles. The Morgan fingerprint density at radius 3 is 2.56 bits per heavy atom. The van der Waals surface area contributed by atoms with Gasteiger partial charge in [-0.25, -0.2) is 8.42 Å². The van der Waals surface area contributed by atoms with Crippen molar-refractivity contribution in [2.45, 2.75) is 45.9 Å². The van der Waals surface area contributed by atoms with Crippen LogP contribution in [0.15, 0.2) is 41.0 Å². The number of rotatable bonds is 6. The van der Waals surface area contributed by atoms with Crippen LogP contribution in [0.1, 0.15) is 30.2 Å². The summed E-state index contributed by atoms with van der Waals surface area (Å²) in [5.41, 5.74) is 2.11. The van der Waals surface area contributed by atoms with Crippen molar-refractivity contribution in [1.29, 1.82) is 0 Å². The fourth-order valence-electron chi connectivity index (χ4n) is 3.47. The molecule has 1 aliphatic rings. The molecule has 0 bridgehead atoms. The zero-order chi connectivity index (χ0) is 19.6. The van der Waals surface area contributed by atoms with E-state index in [0.717, 1.165) is 11.1 Å². The van der Waals surface area contributed by atoms with Crippen LogP contribution < -0.4 is 4.74 Å². The molecule has 146 valence electrons. The van der Waals surface area contributed by atoms with E-state index < -0.39 is 15.9 Å². The molecule has 0 radical (unpaired) electrons.